The topological polar surface area (TPSA) is 296 Å². The summed E-state index contributed by atoms with van der Waals surface area (Å²) in [4.78, 5) is 54.3. The molecule has 1 aliphatic rings. The van der Waals surface area contributed by atoms with Crippen molar-refractivity contribution in [2.75, 3.05) is 13.2 Å². The summed E-state index contributed by atoms with van der Waals surface area (Å²) in [6.07, 6.45) is 19.8. The number of aliphatic hydroxyl groups excluding tert-OH is 6. The maximum Gasteiger partial charge on any atom is 0.472 e. The number of hydrogen-bond acceptors (Lipinski definition) is 15. The number of ether oxygens (including phenoxy) is 2. The number of allylic oxidation sites excluding steroid dienone is 6. The van der Waals surface area contributed by atoms with Crippen molar-refractivity contribution in [1.29, 1.82) is 0 Å². The van der Waals surface area contributed by atoms with Crippen molar-refractivity contribution in [1.82, 2.24) is 0 Å². The Morgan fingerprint density at radius 1 is 0.537 bits per heavy atom. The van der Waals surface area contributed by atoms with Gasteiger partial charge in [0.25, 0.3) is 0 Å². The van der Waals surface area contributed by atoms with Crippen LogP contribution in [0.2, 0.25) is 0 Å². The number of unbranched alkanes of at least 4 members (excludes halogenated alkanes) is 16. The van der Waals surface area contributed by atoms with Gasteiger partial charge in [-0.15, -0.1) is 0 Å². The van der Waals surface area contributed by atoms with Gasteiger partial charge in [-0.1, -0.05) is 172 Å². The largest absolute Gasteiger partial charge is 0.472 e. The van der Waals surface area contributed by atoms with Crippen LogP contribution in [0.25, 0.3) is 0 Å². The predicted octanol–water partition coefficient (Wildman–Crippen LogP) is 7.23. The van der Waals surface area contributed by atoms with Gasteiger partial charge in [0, 0.05) is 12.8 Å². The third-order valence-corrected chi connectivity index (χ3v) is 12.6. The number of esters is 2. The fourth-order valence-corrected chi connectivity index (χ4v) is 8.78. The summed E-state index contributed by atoms with van der Waals surface area (Å²) in [5.41, 5.74) is 0. The van der Waals surface area contributed by atoms with E-state index in [1.165, 1.54) is 64.2 Å². The molecule has 67 heavy (non-hydrogen) atoms. The molecule has 0 aromatic carbocycles. The number of carbonyl (C=O) groups is 2. The average molecular weight is 999 g/mol. The number of carbonyl (C=O) groups excluding carboxylic acids is 2. The average Bonchev–Trinajstić information content (AvgIpc) is 3.27. The Balaban J connectivity index is 2.69. The SMILES string of the molecule is CCCCCCCCCCCCCCCCCC(=O)OC[C@H](COP(=O)(O)O[C@H]1C(O)C(O)C(O)[C@@H](OP(=O)(O)O)C1O)OC(=O)CCC[C@H](O)/C=C/C=C\C/C=C\C=C\[C@H](O)CCCCC. The van der Waals surface area contributed by atoms with Crippen LogP contribution in [0.3, 0.4) is 0 Å². The molecule has 0 aromatic rings. The van der Waals surface area contributed by atoms with Crippen molar-refractivity contribution in [3.05, 3.63) is 48.6 Å². The highest BCUT2D eigenvalue weighted by Crippen LogP contribution is 2.49. The second-order valence-corrected chi connectivity index (χ2v) is 19.8. The third kappa shape index (κ3) is 32.4. The van der Waals surface area contributed by atoms with Crippen LogP contribution in [0.1, 0.15) is 168 Å². The number of hydrogen-bond donors (Lipinski definition) is 9. The van der Waals surface area contributed by atoms with E-state index in [9.17, 15) is 64.0 Å². The minimum absolute atomic E-state index is 0.0732. The standard InChI is InChI=1S/C47H84O18P2/c1-3-5-7-8-9-10-11-12-13-14-15-16-20-23-27-33-40(50)61-35-39(36-62-67(59,60)65-47-44(54)42(52)43(53)46(45(47)55)64-66(56,57)58)63-41(51)34-28-32-38(49)31-26-22-19-17-18-21-25-30-37(48)29-24-6-4-2/h18-19,21-22,25-26,30-31,37-39,42-49,52-55H,3-17,20,23-24,27-29,32-36H2,1-2H3,(H,59,60)(H2,56,57,58)/b21-18-,22-19-,30-25+,31-26+/t37-,38-,39-,42?,43?,44?,45?,46-,47+/m1/s1. The zero-order chi connectivity index (χ0) is 49.9. The van der Waals surface area contributed by atoms with Crippen LogP contribution >= 0.6 is 15.6 Å². The Hall–Kier alpha value is -2.12. The summed E-state index contributed by atoms with van der Waals surface area (Å²) in [5, 5.41) is 61.5. The molecule has 0 heterocycles. The summed E-state index contributed by atoms with van der Waals surface area (Å²) < 4.78 is 49.2. The molecular formula is C47H84O18P2. The molecule has 390 valence electrons. The molecule has 0 spiro atoms. The van der Waals surface area contributed by atoms with Gasteiger partial charge in [-0.3, -0.25) is 23.2 Å². The zero-order valence-electron chi connectivity index (χ0n) is 39.8. The summed E-state index contributed by atoms with van der Waals surface area (Å²) in [6.45, 7) is 2.83. The van der Waals surface area contributed by atoms with E-state index in [-0.39, 0.29) is 25.7 Å². The number of rotatable bonds is 40. The normalized spacial score (nSPS) is 22.7. The number of aliphatic hydroxyl groups is 6. The Kier molecular flexibility index (Phi) is 35.4. The monoisotopic (exact) mass is 999 g/mol. The molecule has 18 nitrogen and oxygen atoms in total. The fraction of sp³-hybridized carbons (Fsp3) is 0.787. The van der Waals surface area contributed by atoms with Crippen molar-refractivity contribution in [2.24, 2.45) is 0 Å². The highest BCUT2D eigenvalue weighted by Gasteiger charge is 2.54. The molecule has 0 saturated heterocycles. The van der Waals surface area contributed by atoms with Crippen LogP contribution in [0.15, 0.2) is 48.6 Å². The smallest absolute Gasteiger partial charge is 0.462 e. The fourth-order valence-electron chi connectivity index (χ4n) is 7.24. The van der Waals surface area contributed by atoms with Crippen LogP contribution in [0, 0.1) is 0 Å². The van der Waals surface area contributed by atoms with E-state index in [0.29, 0.717) is 12.8 Å². The summed E-state index contributed by atoms with van der Waals surface area (Å²) in [5.74, 6) is -1.43. The minimum atomic E-state index is -5.39. The lowest BCUT2D eigenvalue weighted by Gasteiger charge is -2.43. The van der Waals surface area contributed by atoms with Gasteiger partial charge >= 0.3 is 27.6 Å². The van der Waals surface area contributed by atoms with Crippen LogP contribution in [0.5, 0.6) is 0 Å². The first-order valence-corrected chi connectivity index (χ1v) is 27.4. The molecule has 5 unspecified atom stereocenters. The Morgan fingerprint density at radius 3 is 1.49 bits per heavy atom. The van der Waals surface area contributed by atoms with Crippen molar-refractivity contribution >= 4 is 27.6 Å². The van der Waals surface area contributed by atoms with E-state index in [1.54, 1.807) is 24.3 Å². The molecular weight excluding hydrogens is 914 g/mol. The lowest BCUT2D eigenvalue weighted by atomic mass is 9.85. The molecule has 10 atom stereocenters. The van der Waals surface area contributed by atoms with Crippen LogP contribution in [0.4, 0.5) is 0 Å². The molecule has 1 fully saturated rings. The molecule has 1 saturated carbocycles. The quantitative estimate of drug-likeness (QED) is 0.0127. The van der Waals surface area contributed by atoms with E-state index in [2.05, 4.69) is 18.4 Å². The number of phosphoric ester groups is 2. The second kappa shape index (κ2) is 37.7. The molecule has 0 aromatic heterocycles. The maximum atomic E-state index is 13.0. The van der Waals surface area contributed by atoms with E-state index < -0.39 is 95.7 Å². The molecule has 0 radical (unpaired) electrons. The van der Waals surface area contributed by atoms with Gasteiger partial charge in [-0.2, -0.15) is 0 Å². The summed E-state index contributed by atoms with van der Waals surface area (Å²) >= 11 is 0. The van der Waals surface area contributed by atoms with Gasteiger partial charge in [0.2, 0.25) is 0 Å². The van der Waals surface area contributed by atoms with Crippen LogP contribution in [-0.4, -0.2) is 125 Å². The molecule has 1 rings (SSSR count). The Morgan fingerprint density at radius 2 is 0.985 bits per heavy atom. The first-order chi connectivity index (χ1) is 31.9. The van der Waals surface area contributed by atoms with Crippen LogP contribution in [-0.2, 0) is 41.8 Å². The highest BCUT2D eigenvalue weighted by molar-refractivity contribution is 7.47. The van der Waals surface area contributed by atoms with Gasteiger partial charge in [0.1, 0.15) is 43.2 Å². The molecule has 20 heteroatoms. The molecule has 1 aliphatic carbocycles. The Bertz CT molecular complexity index is 1520. The van der Waals surface area contributed by atoms with Crippen molar-refractivity contribution in [3.8, 4) is 0 Å². The molecule has 0 aliphatic heterocycles. The van der Waals surface area contributed by atoms with Crippen LogP contribution < -0.4 is 0 Å². The van der Waals surface area contributed by atoms with Crippen molar-refractivity contribution in [3.63, 3.8) is 0 Å². The van der Waals surface area contributed by atoms with Crippen molar-refractivity contribution < 1.29 is 87.1 Å². The van der Waals surface area contributed by atoms with E-state index in [0.717, 1.165) is 51.4 Å². The van der Waals surface area contributed by atoms with Crippen molar-refractivity contribution in [2.45, 2.75) is 223 Å². The van der Waals surface area contributed by atoms with Gasteiger partial charge in [-0.25, -0.2) is 9.13 Å². The molecule has 0 bridgehead atoms. The third-order valence-electron chi connectivity index (χ3n) is 11.1. The first kappa shape index (κ1) is 62.9. The predicted molar refractivity (Wildman–Crippen MR) is 253 cm³/mol. The lowest BCUT2D eigenvalue weighted by Crippen LogP contribution is -2.64. The Labute approximate surface area is 398 Å². The van der Waals surface area contributed by atoms with Gasteiger partial charge in [0.15, 0.2) is 6.10 Å². The maximum absolute atomic E-state index is 13.0. The minimum Gasteiger partial charge on any atom is -0.462 e. The van der Waals surface area contributed by atoms with E-state index in [1.807, 2.05) is 24.3 Å². The first-order valence-electron chi connectivity index (χ1n) is 24.4. The zero-order valence-corrected chi connectivity index (χ0v) is 41.6. The summed E-state index contributed by atoms with van der Waals surface area (Å²) in [7, 11) is -10.8. The van der Waals surface area contributed by atoms with Gasteiger partial charge < -0.3 is 54.8 Å². The van der Waals surface area contributed by atoms with Gasteiger partial charge in [-0.05, 0) is 32.1 Å². The molecule has 0 amide bonds. The number of phosphoric acid groups is 2. The van der Waals surface area contributed by atoms with Gasteiger partial charge in [0.05, 0.1) is 18.8 Å². The molecule has 9 N–H and O–H groups in total. The highest BCUT2D eigenvalue weighted by atomic mass is 31.2. The lowest BCUT2D eigenvalue weighted by molar-refractivity contribution is -0.216. The summed E-state index contributed by atoms with van der Waals surface area (Å²) in [6, 6.07) is 0. The van der Waals surface area contributed by atoms with E-state index >= 15 is 0 Å². The van der Waals surface area contributed by atoms with E-state index in [4.69, 9.17) is 18.5 Å². The second-order valence-electron chi connectivity index (χ2n) is 17.2.